The Hall–Kier alpha value is -1.69. The summed E-state index contributed by atoms with van der Waals surface area (Å²) in [5.74, 6) is -0.280. The van der Waals surface area contributed by atoms with Gasteiger partial charge in [0.1, 0.15) is 0 Å². The van der Waals surface area contributed by atoms with Gasteiger partial charge in [-0.25, -0.2) is 9.75 Å². The van der Waals surface area contributed by atoms with E-state index in [-0.39, 0.29) is 17.2 Å². The summed E-state index contributed by atoms with van der Waals surface area (Å²) in [6.07, 6.45) is 2.67. The molecule has 1 aliphatic heterocycles. The summed E-state index contributed by atoms with van der Waals surface area (Å²) in [7, 11) is 0. The molecule has 0 atom stereocenters. The van der Waals surface area contributed by atoms with Crippen LogP contribution in [0.3, 0.4) is 0 Å². The summed E-state index contributed by atoms with van der Waals surface area (Å²) in [4.78, 5) is 28.7. The van der Waals surface area contributed by atoms with E-state index < -0.39 is 0 Å². The Bertz CT molecular complexity index is 478. The molecule has 1 aliphatic rings. The second-order valence-corrected chi connectivity index (χ2v) is 4.23. The third kappa shape index (κ3) is 2.76. The number of carbonyl (C=O) groups is 1. The van der Waals surface area contributed by atoms with E-state index in [4.69, 9.17) is 4.84 Å². The number of hydrogen-bond acceptors (Lipinski definition) is 4. The fourth-order valence-electron chi connectivity index (χ4n) is 1.77. The summed E-state index contributed by atoms with van der Waals surface area (Å²) in [5, 5.41) is 5.39. The molecule has 0 spiro atoms. The van der Waals surface area contributed by atoms with Crippen molar-refractivity contribution in [2.75, 3.05) is 13.2 Å². The fraction of sp³-hybridized carbons (Fsp3) is 0.583. The van der Waals surface area contributed by atoms with E-state index in [1.807, 2.05) is 6.92 Å². The largest absolute Gasteiger partial charge is 0.297 e. The number of unbranched alkanes of at least 4 members (excludes halogenated alkanes) is 1. The van der Waals surface area contributed by atoms with Crippen LogP contribution in [-0.2, 0) is 11.4 Å². The Morgan fingerprint density at radius 1 is 1.50 bits per heavy atom. The van der Waals surface area contributed by atoms with Gasteiger partial charge in [-0.2, -0.15) is 5.10 Å². The monoisotopic (exact) mass is 251 g/mol. The normalized spacial score (nSPS) is 15.1. The molecule has 1 amide bonds. The van der Waals surface area contributed by atoms with Crippen molar-refractivity contribution in [1.29, 1.82) is 0 Å². The van der Waals surface area contributed by atoms with E-state index in [1.54, 1.807) is 0 Å². The van der Waals surface area contributed by atoms with Crippen LogP contribution >= 0.6 is 0 Å². The van der Waals surface area contributed by atoms with Gasteiger partial charge in [0.05, 0.1) is 13.2 Å². The van der Waals surface area contributed by atoms with Crippen molar-refractivity contribution in [3.63, 3.8) is 0 Å². The van der Waals surface area contributed by atoms with Gasteiger partial charge in [0.2, 0.25) is 0 Å². The molecule has 0 aromatic carbocycles. The Balaban J connectivity index is 2.17. The Morgan fingerprint density at radius 2 is 2.33 bits per heavy atom. The highest BCUT2D eigenvalue weighted by Gasteiger charge is 2.22. The number of nitrogens with zero attached hydrogens (tertiary/aromatic N) is 3. The Labute approximate surface area is 105 Å². The number of carbonyl (C=O) groups excluding carboxylic acids is 1. The van der Waals surface area contributed by atoms with Crippen LogP contribution < -0.4 is 5.56 Å². The Morgan fingerprint density at radius 3 is 3.00 bits per heavy atom. The van der Waals surface area contributed by atoms with Crippen LogP contribution in [-0.4, -0.2) is 33.9 Å². The van der Waals surface area contributed by atoms with Crippen molar-refractivity contribution < 1.29 is 9.63 Å². The standard InChI is InChI=1S/C12H17N3O3/c1-2-3-7-14-11(16)6-5-10(13-14)12(17)15-8-4-9-18-15/h5-6H,2-4,7-9H2,1H3. The van der Waals surface area contributed by atoms with Gasteiger partial charge in [-0.3, -0.25) is 14.4 Å². The fourth-order valence-corrected chi connectivity index (χ4v) is 1.77. The average molecular weight is 251 g/mol. The van der Waals surface area contributed by atoms with E-state index in [2.05, 4.69) is 5.10 Å². The zero-order valence-electron chi connectivity index (χ0n) is 10.5. The van der Waals surface area contributed by atoms with E-state index in [9.17, 15) is 9.59 Å². The molecular weight excluding hydrogens is 234 g/mol. The molecule has 0 saturated carbocycles. The molecule has 0 radical (unpaired) electrons. The molecule has 18 heavy (non-hydrogen) atoms. The predicted molar refractivity (Wildman–Crippen MR) is 65.0 cm³/mol. The number of hydroxylamine groups is 2. The molecule has 0 aliphatic carbocycles. The maximum Gasteiger partial charge on any atom is 0.297 e. The highest BCUT2D eigenvalue weighted by molar-refractivity contribution is 5.91. The minimum Gasteiger partial charge on any atom is -0.271 e. The van der Waals surface area contributed by atoms with Gasteiger partial charge in [-0.1, -0.05) is 13.3 Å². The molecule has 6 nitrogen and oxygen atoms in total. The minimum absolute atomic E-state index is 0.178. The molecule has 98 valence electrons. The minimum atomic E-state index is -0.280. The smallest absolute Gasteiger partial charge is 0.271 e. The summed E-state index contributed by atoms with van der Waals surface area (Å²) in [6, 6.07) is 2.83. The highest BCUT2D eigenvalue weighted by Crippen LogP contribution is 2.08. The van der Waals surface area contributed by atoms with Crippen molar-refractivity contribution in [3.05, 3.63) is 28.2 Å². The molecule has 0 N–H and O–H groups in total. The van der Waals surface area contributed by atoms with Crippen LogP contribution in [0.5, 0.6) is 0 Å². The van der Waals surface area contributed by atoms with Gasteiger partial charge >= 0.3 is 0 Å². The highest BCUT2D eigenvalue weighted by atomic mass is 16.7. The van der Waals surface area contributed by atoms with Crippen LogP contribution in [0.2, 0.25) is 0 Å². The molecule has 0 unspecified atom stereocenters. The molecule has 1 aromatic heterocycles. The lowest BCUT2D eigenvalue weighted by atomic mass is 10.3. The summed E-state index contributed by atoms with van der Waals surface area (Å²) in [5.41, 5.74) is 0.0787. The average Bonchev–Trinajstić information content (AvgIpc) is 2.91. The van der Waals surface area contributed by atoms with Crippen molar-refractivity contribution in [3.8, 4) is 0 Å². The van der Waals surface area contributed by atoms with Crippen LogP contribution in [0.1, 0.15) is 36.7 Å². The third-order valence-electron chi connectivity index (χ3n) is 2.79. The lowest BCUT2D eigenvalue weighted by Gasteiger charge is -2.13. The van der Waals surface area contributed by atoms with Gasteiger partial charge in [-0.15, -0.1) is 0 Å². The van der Waals surface area contributed by atoms with E-state index >= 15 is 0 Å². The number of rotatable bonds is 4. The summed E-state index contributed by atoms with van der Waals surface area (Å²) in [6.45, 7) is 3.71. The lowest BCUT2D eigenvalue weighted by Crippen LogP contribution is -2.31. The van der Waals surface area contributed by atoms with Crippen molar-refractivity contribution >= 4 is 5.91 Å². The van der Waals surface area contributed by atoms with Crippen molar-refractivity contribution in [2.45, 2.75) is 32.7 Å². The number of aromatic nitrogens is 2. The summed E-state index contributed by atoms with van der Waals surface area (Å²) < 4.78 is 1.34. The second kappa shape index (κ2) is 5.77. The third-order valence-corrected chi connectivity index (χ3v) is 2.79. The molecule has 1 saturated heterocycles. The maximum absolute atomic E-state index is 12.0. The lowest BCUT2D eigenvalue weighted by molar-refractivity contribution is -0.0773. The quantitative estimate of drug-likeness (QED) is 0.794. The first-order valence-corrected chi connectivity index (χ1v) is 6.25. The zero-order valence-corrected chi connectivity index (χ0v) is 10.5. The van der Waals surface area contributed by atoms with Crippen LogP contribution in [0.15, 0.2) is 16.9 Å². The first-order chi connectivity index (χ1) is 8.72. The van der Waals surface area contributed by atoms with Crippen LogP contribution in [0, 0.1) is 0 Å². The molecule has 1 aromatic rings. The van der Waals surface area contributed by atoms with Crippen LogP contribution in [0.4, 0.5) is 0 Å². The zero-order chi connectivity index (χ0) is 13.0. The number of hydrogen-bond donors (Lipinski definition) is 0. The first-order valence-electron chi connectivity index (χ1n) is 6.25. The molecule has 6 heteroatoms. The van der Waals surface area contributed by atoms with Crippen LogP contribution in [0.25, 0.3) is 0 Å². The molecule has 1 fully saturated rings. The van der Waals surface area contributed by atoms with E-state index in [0.717, 1.165) is 19.3 Å². The molecule has 0 bridgehead atoms. The van der Waals surface area contributed by atoms with Gasteiger partial charge in [-0.05, 0) is 18.9 Å². The number of amides is 1. The maximum atomic E-state index is 12.0. The predicted octanol–water partition coefficient (Wildman–Crippen LogP) is 0.821. The van der Waals surface area contributed by atoms with E-state index in [1.165, 1.54) is 21.9 Å². The SMILES string of the molecule is CCCCn1nc(C(=O)N2CCCO2)ccc1=O. The van der Waals surface area contributed by atoms with Gasteiger partial charge in [0, 0.05) is 12.6 Å². The van der Waals surface area contributed by atoms with Gasteiger partial charge in [0.15, 0.2) is 5.69 Å². The van der Waals surface area contributed by atoms with Gasteiger partial charge < -0.3 is 0 Å². The molecular formula is C12H17N3O3. The topological polar surface area (TPSA) is 64.4 Å². The molecule has 2 heterocycles. The van der Waals surface area contributed by atoms with Crippen molar-refractivity contribution in [2.24, 2.45) is 0 Å². The first kappa shape index (κ1) is 12.8. The van der Waals surface area contributed by atoms with E-state index in [0.29, 0.717) is 19.7 Å². The molecule has 2 rings (SSSR count). The summed E-state index contributed by atoms with van der Waals surface area (Å²) >= 11 is 0. The number of aryl methyl sites for hydroxylation is 1. The Kier molecular flexibility index (Phi) is 4.09. The van der Waals surface area contributed by atoms with Gasteiger partial charge in [0.25, 0.3) is 11.5 Å². The van der Waals surface area contributed by atoms with Crippen molar-refractivity contribution in [1.82, 2.24) is 14.8 Å². The second-order valence-electron chi connectivity index (χ2n) is 4.23.